The molecule has 0 amide bonds. The fraction of sp³-hybridized carbons (Fsp3) is 0.231. The van der Waals surface area contributed by atoms with E-state index in [0.717, 1.165) is 12.2 Å². The molecule has 0 saturated carbocycles. The van der Waals surface area contributed by atoms with Gasteiger partial charge < -0.3 is 10.5 Å². The van der Waals surface area contributed by atoms with E-state index in [9.17, 15) is 0 Å². The summed E-state index contributed by atoms with van der Waals surface area (Å²) in [6.45, 7) is 0. The highest BCUT2D eigenvalue weighted by Crippen LogP contribution is 2.20. The molecular formula is C13H15NOS. The van der Waals surface area contributed by atoms with Crippen molar-refractivity contribution in [3.63, 3.8) is 0 Å². The van der Waals surface area contributed by atoms with Gasteiger partial charge in [-0.05, 0) is 46.5 Å². The van der Waals surface area contributed by atoms with Crippen molar-refractivity contribution in [3.05, 3.63) is 52.2 Å². The maximum absolute atomic E-state index is 6.12. The van der Waals surface area contributed by atoms with Crippen LogP contribution >= 0.6 is 11.3 Å². The predicted molar refractivity (Wildman–Crippen MR) is 67.9 cm³/mol. The van der Waals surface area contributed by atoms with Crippen LogP contribution < -0.4 is 10.5 Å². The second kappa shape index (κ2) is 5.14. The molecule has 0 bridgehead atoms. The van der Waals surface area contributed by atoms with E-state index in [0.29, 0.717) is 0 Å². The van der Waals surface area contributed by atoms with Crippen molar-refractivity contribution in [2.75, 3.05) is 7.11 Å². The van der Waals surface area contributed by atoms with Gasteiger partial charge in [0.25, 0.3) is 0 Å². The van der Waals surface area contributed by atoms with Gasteiger partial charge in [-0.25, -0.2) is 0 Å². The minimum atomic E-state index is 0.0830. The van der Waals surface area contributed by atoms with E-state index < -0.39 is 0 Å². The first-order chi connectivity index (χ1) is 7.79. The van der Waals surface area contributed by atoms with Crippen LogP contribution in [-0.4, -0.2) is 7.11 Å². The number of hydrogen-bond acceptors (Lipinski definition) is 3. The van der Waals surface area contributed by atoms with Crippen molar-refractivity contribution >= 4 is 11.3 Å². The molecule has 3 heteroatoms. The zero-order valence-electron chi connectivity index (χ0n) is 9.22. The summed E-state index contributed by atoms with van der Waals surface area (Å²) >= 11 is 1.68. The van der Waals surface area contributed by atoms with E-state index in [1.807, 2.05) is 12.1 Å². The summed E-state index contributed by atoms with van der Waals surface area (Å²) in [6, 6.07) is 10.2. The Morgan fingerprint density at radius 2 is 2.00 bits per heavy atom. The van der Waals surface area contributed by atoms with E-state index in [2.05, 4.69) is 29.0 Å². The maximum atomic E-state index is 6.12. The SMILES string of the molecule is COc1ccc(CC(N)c2ccsc2)cc1. The lowest BCUT2D eigenvalue weighted by molar-refractivity contribution is 0.414. The molecule has 1 heterocycles. The lowest BCUT2D eigenvalue weighted by atomic mass is 10.0. The van der Waals surface area contributed by atoms with Gasteiger partial charge in [0.15, 0.2) is 0 Å². The zero-order chi connectivity index (χ0) is 11.4. The maximum Gasteiger partial charge on any atom is 0.118 e. The Hall–Kier alpha value is -1.32. The van der Waals surface area contributed by atoms with Crippen LogP contribution in [0.15, 0.2) is 41.1 Å². The first kappa shape index (κ1) is 11.2. The molecule has 0 saturated heterocycles. The highest BCUT2D eigenvalue weighted by molar-refractivity contribution is 7.07. The number of methoxy groups -OCH3 is 1. The summed E-state index contributed by atoms with van der Waals surface area (Å²) in [7, 11) is 1.67. The number of ether oxygens (including phenoxy) is 1. The molecule has 1 aromatic carbocycles. The topological polar surface area (TPSA) is 35.2 Å². The standard InChI is InChI=1S/C13H15NOS/c1-15-12-4-2-10(3-5-12)8-13(14)11-6-7-16-9-11/h2-7,9,13H,8,14H2,1H3. The predicted octanol–water partition coefficient (Wildman–Crippen LogP) is 3.00. The monoisotopic (exact) mass is 233 g/mol. The summed E-state index contributed by atoms with van der Waals surface area (Å²) in [5.41, 5.74) is 8.56. The summed E-state index contributed by atoms with van der Waals surface area (Å²) in [4.78, 5) is 0. The van der Waals surface area contributed by atoms with Crippen LogP contribution in [-0.2, 0) is 6.42 Å². The Morgan fingerprint density at radius 3 is 2.56 bits per heavy atom. The third-order valence-corrected chi connectivity index (χ3v) is 3.29. The van der Waals surface area contributed by atoms with Gasteiger partial charge in [-0.1, -0.05) is 12.1 Å². The van der Waals surface area contributed by atoms with Crippen molar-refractivity contribution in [1.82, 2.24) is 0 Å². The highest BCUT2D eigenvalue weighted by atomic mass is 32.1. The average Bonchev–Trinajstić information content (AvgIpc) is 2.83. The van der Waals surface area contributed by atoms with Gasteiger partial charge in [0.2, 0.25) is 0 Å². The Labute approximate surface area is 99.7 Å². The van der Waals surface area contributed by atoms with E-state index in [-0.39, 0.29) is 6.04 Å². The molecule has 1 atom stereocenters. The summed E-state index contributed by atoms with van der Waals surface area (Å²) in [6.07, 6.45) is 0.862. The van der Waals surface area contributed by atoms with E-state index in [1.165, 1.54) is 11.1 Å². The summed E-state index contributed by atoms with van der Waals surface area (Å²) in [5.74, 6) is 0.882. The fourth-order valence-corrected chi connectivity index (χ4v) is 2.34. The van der Waals surface area contributed by atoms with Crippen molar-refractivity contribution in [3.8, 4) is 5.75 Å². The third-order valence-electron chi connectivity index (χ3n) is 2.59. The Balaban J connectivity index is 2.03. The van der Waals surface area contributed by atoms with Gasteiger partial charge in [0, 0.05) is 6.04 Å². The molecule has 1 aromatic heterocycles. The number of benzene rings is 1. The second-order valence-corrected chi connectivity index (χ2v) is 4.50. The molecule has 2 N–H and O–H groups in total. The quantitative estimate of drug-likeness (QED) is 0.881. The lowest BCUT2D eigenvalue weighted by Crippen LogP contribution is -2.12. The van der Waals surface area contributed by atoms with Gasteiger partial charge in [0.1, 0.15) is 5.75 Å². The Kier molecular flexibility index (Phi) is 3.59. The molecule has 2 nitrogen and oxygen atoms in total. The Morgan fingerprint density at radius 1 is 1.25 bits per heavy atom. The molecule has 0 aliphatic heterocycles. The third kappa shape index (κ3) is 2.62. The van der Waals surface area contributed by atoms with Crippen LogP contribution in [0.1, 0.15) is 17.2 Å². The van der Waals surface area contributed by atoms with E-state index >= 15 is 0 Å². The number of hydrogen-bond donors (Lipinski definition) is 1. The van der Waals surface area contributed by atoms with E-state index in [4.69, 9.17) is 10.5 Å². The molecule has 84 valence electrons. The number of rotatable bonds is 4. The summed E-state index contributed by atoms with van der Waals surface area (Å²) in [5, 5.41) is 4.16. The molecule has 0 aliphatic rings. The molecule has 1 unspecified atom stereocenters. The van der Waals surface area contributed by atoms with Crippen molar-refractivity contribution in [2.45, 2.75) is 12.5 Å². The molecule has 0 aliphatic carbocycles. The van der Waals surface area contributed by atoms with E-state index in [1.54, 1.807) is 18.4 Å². The van der Waals surface area contributed by atoms with Crippen LogP contribution in [0.3, 0.4) is 0 Å². The highest BCUT2D eigenvalue weighted by Gasteiger charge is 2.07. The van der Waals surface area contributed by atoms with Crippen LogP contribution in [0, 0.1) is 0 Å². The van der Waals surface area contributed by atoms with Crippen molar-refractivity contribution in [2.24, 2.45) is 5.73 Å². The molecular weight excluding hydrogens is 218 g/mol. The molecule has 2 rings (SSSR count). The van der Waals surface area contributed by atoms with Gasteiger partial charge in [-0.2, -0.15) is 11.3 Å². The van der Waals surface area contributed by atoms with Gasteiger partial charge >= 0.3 is 0 Å². The lowest BCUT2D eigenvalue weighted by Gasteiger charge is -2.10. The van der Waals surface area contributed by atoms with Crippen LogP contribution in [0.4, 0.5) is 0 Å². The number of thiophene rings is 1. The van der Waals surface area contributed by atoms with Gasteiger partial charge in [-0.3, -0.25) is 0 Å². The first-order valence-electron chi connectivity index (χ1n) is 5.20. The zero-order valence-corrected chi connectivity index (χ0v) is 10.0. The molecule has 0 fully saturated rings. The van der Waals surface area contributed by atoms with Crippen LogP contribution in [0.5, 0.6) is 5.75 Å². The smallest absolute Gasteiger partial charge is 0.118 e. The number of nitrogens with two attached hydrogens (primary N) is 1. The van der Waals surface area contributed by atoms with Crippen LogP contribution in [0.2, 0.25) is 0 Å². The minimum Gasteiger partial charge on any atom is -0.497 e. The van der Waals surface area contributed by atoms with Gasteiger partial charge in [0.05, 0.1) is 7.11 Å². The molecule has 16 heavy (non-hydrogen) atoms. The molecule has 0 radical (unpaired) electrons. The fourth-order valence-electron chi connectivity index (χ4n) is 1.62. The first-order valence-corrected chi connectivity index (χ1v) is 6.14. The minimum absolute atomic E-state index is 0.0830. The Bertz CT molecular complexity index is 422. The van der Waals surface area contributed by atoms with Crippen molar-refractivity contribution in [1.29, 1.82) is 0 Å². The molecule has 0 spiro atoms. The normalized spacial score (nSPS) is 12.4. The van der Waals surface area contributed by atoms with Crippen LogP contribution in [0.25, 0.3) is 0 Å². The van der Waals surface area contributed by atoms with Gasteiger partial charge in [-0.15, -0.1) is 0 Å². The summed E-state index contributed by atoms with van der Waals surface area (Å²) < 4.78 is 5.12. The molecule has 2 aromatic rings. The van der Waals surface area contributed by atoms with Crippen molar-refractivity contribution < 1.29 is 4.74 Å². The second-order valence-electron chi connectivity index (χ2n) is 3.72. The largest absolute Gasteiger partial charge is 0.497 e. The average molecular weight is 233 g/mol.